The molecule has 0 atom stereocenters. The van der Waals surface area contributed by atoms with Crippen LogP contribution in [0.4, 0.5) is 4.79 Å². The van der Waals surface area contributed by atoms with Gasteiger partial charge in [0.2, 0.25) is 5.91 Å². The van der Waals surface area contributed by atoms with E-state index < -0.39 is 6.09 Å². The molecule has 0 radical (unpaired) electrons. The third kappa shape index (κ3) is 7.07. The lowest BCUT2D eigenvalue weighted by Gasteiger charge is -2.05. The predicted molar refractivity (Wildman–Crippen MR) is 47.3 cm³/mol. The van der Waals surface area contributed by atoms with Crippen LogP contribution in [0.25, 0.3) is 0 Å². The largest absolute Gasteiger partial charge is 0.453 e. The summed E-state index contributed by atoms with van der Waals surface area (Å²) < 4.78 is 4.28. The second kappa shape index (κ2) is 7.35. The Hall–Kier alpha value is -1.30. The number of hydrogen-bond donors (Lipinski definition) is 3. The summed E-state index contributed by atoms with van der Waals surface area (Å²) in [5.41, 5.74) is 0. The number of likely N-dealkylation sites (N-methyl/N-ethyl adjacent to an activating group) is 1. The highest BCUT2D eigenvalue weighted by molar-refractivity contribution is 5.81. The van der Waals surface area contributed by atoms with Crippen LogP contribution in [-0.4, -0.2) is 45.8 Å². The molecule has 0 heterocycles. The second-order valence-corrected chi connectivity index (χ2v) is 2.30. The lowest BCUT2D eigenvalue weighted by atomic mass is 10.5. The molecule has 0 aromatic heterocycles. The number of rotatable bonds is 5. The molecule has 2 amide bonds. The summed E-state index contributed by atoms with van der Waals surface area (Å²) in [6.07, 6.45) is -0.608. The van der Waals surface area contributed by atoms with Crippen molar-refractivity contribution in [3.8, 4) is 0 Å². The molecule has 0 rings (SSSR count). The fraction of sp³-hybridized carbons (Fsp3) is 0.714. The molecule has 0 saturated carbocycles. The van der Waals surface area contributed by atoms with E-state index >= 15 is 0 Å². The van der Waals surface area contributed by atoms with Crippen LogP contribution in [-0.2, 0) is 9.53 Å². The van der Waals surface area contributed by atoms with Crippen molar-refractivity contribution in [2.75, 3.05) is 33.8 Å². The molecule has 0 aliphatic heterocycles. The summed E-state index contributed by atoms with van der Waals surface area (Å²) in [5.74, 6) is -0.236. The van der Waals surface area contributed by atoms with E-state index in [0.29, 0.717) is 13.1 Å². The van der Waals surface area contributed by atoms with Crippen molar-refractivity contribution in [2.24, 2.45) is 0 Å². The number of carbonyl (C=O) groups excluding carboxylic acids is 2. The number of amides is 2. The maximum absolute atomic E-state index is 10.9. The zero-order valence-corrected chi connectivity index (χ0v) is 7.85. The molecule has 0 saturated heterocycles. The maximum Gasteiger partial charge on any atom is 0.407 e. The number of alkyl carbamates (subject to hydrolysis) is 1. The molecular weight excluding hydrogens is 174 g/mol. The molecule has 0 aliphatic rings. The summed E-state index contributed by atoms with van der Waals surface area (Å²) in [4.78, 5) is 21.4. The van der Waals surface area contributed by atoms with Crippen molar-refractivity contribution in [1.29, 1.82) is 0 Å². The highest BCUT2D eigenvalue weighted by Gasteiger charge is 2.02. The van der Waals surface area contributed by atoms with Crippen molar-refractivity contribution in [1.82, 2.24) is 16.0 Å². The zero-order valence-electron chi connectivity index (χ0n) is 7.85. The van der Waals surface area contributed by atoms with E-state index in [2.05, 4.69) is 20.7 Å². The monoisotopic (exact) mass is 189 g/mol. The summed E-state index contributed by atoms with van der Waals surface area (Å²) in [7, 11) is 3.03. The van der Waals surface area contributed by atoms with Crippen LogP contribution in [0, 0.1) is 0 Å². The Morgan fingerprint density at radius 2 is 1.92 bits per heavy atom. The molecule has 0 fully saturated rings. The van der Waals surface area contributed by atoms with Crippen molar-refractivity contribution in [3.63, 3.8) is 0 Å². The van der Waals surface area contributed by atoms with Gasteiger partial charge in [0, 0.05) is 13.1 Å². The summed E-state index contributed by atoms with van der Waals surface area (Å²) in [6.45, 7) is 1.18. The third-order valence-electron chi connectivity index (χ3n) is 1.28. The van der Waals surface area contributed by atoms with Crippen LogP contribution in [0.15, 0.2) is 0 Å². The molecule has 0 aliphatic carbocycles. The number of methoxy groups -OCH3 is 1. The topological polar surface area (TPSA) is 79.5 Å². The van der Waals surface area contributed by atoms with Gasteiger partial charge in [-0.1, -0.05) is 0 Å². The Morgan fingerprint density at radius 1 is 1.23 bits per heavy atom. The molecular formula is C7H15N3O3. The van der Waals surface area contributed by atoms with Gasteiger partial charge in [-0.3, -0.25) is 4.79 Å². The molecule has 0 bridgehead atoms. The summed E-state index contributed by atoms with van der Waals surface area (Å²) in [6, 6.07) is 0. The van der Waals surface area contributed by atoms with Crippen LogP contribution in [0.5, 0.6) is 0 Å². The smallest absolute Gasteiger partial charge is 0.407 e. The average Bonchev–Trinajstić information content (AvgIpc) is 2.14. The summed E-state index contributed by atoms with van der Waals surface area (Å²) in [5, 5.41) is 7.73. The number of nitrogens with one attached hydrogen (secondary N) is 3. The first kappa shape index (κ1) is 11.7. The first-order chi connectivity index (χ1) is 6.20. The lowest BCUT2D eigenvalue weighted by Crippen LogP contribution is -2.39. The minimum Gasteiger partial charge on any atom is -0.453 e. The van der Waals surface area contributed by atoms with Gasteiger partial charge in [0.1, 0.15) is 0 Å². The van der Waals surface area contributed by atoms with E-state index in [4.69, 9.17) is 0 Å². The van der Waals surface area contributed by atoms with E-state index in [1.807, 2.05) is 0 Å². The Kier molecular flexibility index (Phi) is 6.62. The molecule has 0 aromatic carbocycles. The Labute approximate surface area is 77.0 Å². The van der Waals surface area contributed by atoms with Crippen LogP contribution in [0.1, 0.15) is 0 Å². The first-order valence-corrected chi connectivity index (χ1v) is 3.93. The molecule has 6 heteroatoms. The molecule has 0 spiro atoms. The van der Waals surface area contributed by atoms with Gasteiger partial charge >= 0.3 is 6.09 Å². The van der Waals surface area contributed by atoms with E-state index in [0.717, 1.165) is 0 Å². The predicted octanol–water partition coefficient (Wildman–Crippen LogP) is -1.32. The van der Waals surface area contributed by atoms with Gasteiger partial charge in [-0.15, -0.1) is 0 Å². The molecule has 13 heavy (non-hydrogen) atoms. The normalized spacial score (nSPS) is 9.08. The Bertz CT molecular complexity index is 172. The van der Waals surface area contributed by atoms with Crippen molar-refractivity contribution < 1.29 is 14.3 Å². The van der Waals surface area contributed by atoms with Crippen LogP contribution >= 0.6 is 0 Å². The number of carbonyl (C=O) groups is 2. The molecule has 3 N–H and O–H groups in total. The average molecular weight is 189 g/mol. The van der Waals surface area contributed by atoms with Crippen LogP contribution in [0.3, 0.4) is 0 Å². The standard InChI is InChI=1S/C7H15N3O3/c1-8-3-4-9-6(11)5-10-7(12)13-2/h8H,3-5H2,1-2H3,(H,9,11)(H,10,12). The highest BCUT2D eigenvalue weighted by Crippen LogP contribution is 1.70. The van der Waals surface area contributed by atoms with E-state index in [1.54, 1.807) is 7.05 Å². The lowest BCUT2D eigenvalue weighted by molar-refractivity contribution is -0.120. The van der Waals surface area contributed by atoms with Crippen LogP contribution < -0.4 is 16.0 Å². The second-order valence-electron chi connectivity index (χ2n) is 2.30. The highest BCUT2D eigenvalue weighted by atomic mass is 16.5. The minimum atomic E-state index is -0.608. The van der Waals surface area contributed by atoms with Crippen LogP contribution in [0.2, 0.25) is 0 Å². The Morgan fingerprint density at radius 3 is 2.46 bits per heavy atom. The SMILES string of the molecule is CNCCNC(=O)CNC(=O)OC. The zero-order chi connectivity index (χ0) is 10.1. The molecule has 0 aromatic rings. The summed E-state index contributed by atoms with van der Waals surface area (Å²) >= 11 is 0. The first-order valence-electron chi connectivity index (χ1n) is 3.93. The van der Waals surface area contributed by atoms with E-state index in [9.17, 15) is 9.59 Å². The van der Waals surface area contributed by atoms with Crippen molar-refractivity contribution in [3.05, 3.63) is 0 Å². The minimum absolute atomic E-state index is 0.0591. The molecule has 6 nitrogen and oxygen atoms in total. The maximum atomic E-state index is 10.9. The number of hydrogen-bond acceptors (Lipinski definition) is 4. The van der Waals surface area contributed by atoms with Crippen molar-refractivity contribution in [2.45, 2.75) is 0 Å². The fourth-order valence-corrected chi connectivity index (χ4v) is 0.614. The van der Waals surface area contributed by atoms with Gasteiger partial charge in [-0.25, -0.2) is 4.79 Å². The fourth-order valence-electron chi connectivity index (χ4n) is 0.614. The van der Waals surface area contributed by atoms with Gasteiger partial charge in [0.05, 0.1) is 13.7 Å². The van der Waals surface area contributed by atoms with Gasteiger partial charge < -0.3 is 20.7 Å². The van der Waals surface area contributed by atoms with Crippen molar-refractivity contribution >= 4 is 12.0 Å². The molecule has 0 unspecified atom stereocenters. The van der Waals surface area contributed by atoms with Gasteiger partial charge in [-0.05, 0) is 7.05 Å². The number of ether oxygens (including phenoxy) is 1. The Balaban J connectivity index is 3.35. The third-order valence-corrected chi connectivity index (χ3v) is 1.28. The van der Waals surface area contributed by atoms with E-state index in [-0.39, 0.29) is 12.5 Å². The van der Waals surface area contributed by atoms with E-state index in [1.165, 1.54) is 7.11 Å². The quantitative estimate of drug-likeness (QED) is 0.468. The van der Waals surface area contributed by atoms with Gasteiger partial charge in [-0.2, -0.15) is 0 Å². The molecule has 76 valence electrons. The van der Waals surface area contributed by atoms with Gasteiger partial charge in [0.25, 0.3) is 0 Å². The van der Waals surface area contributed by atoms with Gasteiger partial charge in [0.15, 0.2) is 0 Å².